The first-order valence-corrected chi connectivity index (χ1v) is 8.22. The quantitative estimate of drug-likeness (QED) is 0.831. The minimum Gasteiger partial charge on any atom is -0.314 e. The summed E-state index contributed by atoms with van der Waals surface area (Å²) >= 11 is 0. The molecule has 1 aromatic heterocycles. The minimum absolute atomic E-state index is 0.0793. The van der Waals surface area contributed by atoms with Crippen molar-refractivity contribution < 1.29 is 8.42 Å². The van der Waals surface area contributed by atoms with Crippen LogP contribution in [0.25, 0.3) is 0 Å². The van der Waals surface area contributed by atoms with E-state index in [2.05, 4.69) is 15.3 Å². The van der Waals surface area contributed by atoms with Crippen molar-refractivity contribution in [3.8, 4) is 0 Å². The Kier molecular flexibility index (Phi) is 3.07. The van der Waals surface area contributed by atoms with Crippen LogP contribution in [0.3, 0.4) is 0 Å². The Bertz CT molecular complexity index is 550. The molecule has 1 saturated heterocycles. The number of nitrogens with one attached hydrogen (secondary N) is 1. The summed E-state index contributed by atoms with van der Waals surface area (Å²) in [4.78, 5) is 8.80. The van der Waals surface area contributed by atoms with Gasteiger partial charge < -0.3 is 5.32 Å². The molecule has 1 unspecified atom stereocenters. The van der Waals surface area contributed by atoms with Gasteiger partial charge in [0.2, 0.25) is 0 Å². The third-order valence-corrected chi connectivity index (χ3v) is 5.17. The SMILES string of the molecule is O=S1(=O)CCc2cnc(CC3CCCN3)nc2C1. The van der Waals surface area contributed by atoms with Gasteiger partial charge in [-0.15, -0.1) is 0 Å². The lowest BCUT2D eigenvalue weighted by Gasteiger charge is -2.16. The van der Waals surface area contributed by atoms with Gasteiger partial charge in [0.05, 0.1) is 17.2 Å². The van der Waals surface area contributed by atoms with E-state index in [-0.39, 0.29) is 11.5 Å². The molecule has 6 heteroatoms. The summed E-state index contributed by atoms with van der Waals surface area (Å²) in [6.07, 6.45) is 5.51. The maximum Gasteiger partial charge on any atom is 0.156 e. The number of hydrogen-bond donors (Lipinski definition) is 1. The molecular formula is C12H17N3O2S. The number of sulfone groups is 1. The van der Waals surface area contributed by atoms with Gasteiger partial charge in [-0.3, -0.25) is 0 Å². The fraction of sp³-hybridized carbons (Fsp3) is 0.667. The average molecular weight is 267 g/mol. The fourth-order valence-corrected chi connectivity index (χ4v) is 3.95. The molecule has 0 radical (unpaired) electrons. The van der Waals surface area contributed by atoms with Crippen molar-refractivity contribution >= 4 is 9.84 Å². The second kappa shape index (κ2) is 4.59. The van der Waals surface area contributed by atoms with Crippen LogP contribution >= 0.6 is 0 Å². The maximum absolute atomic E-state index is 11.6. The van der Waals surface area contributed by atoms with Gasteiger partial charge in [0, 0.05) is 18.7 Å². The molecule has 3 rings (SSSR count). The van der Waals surface area contributed by atoms with Crippen molar-refractivity contribution in [2.45, 2.75) is 37.5 Å². The largest absolute Gasteiger partial charge is 0.314 e. The molecule has 0 aromatic carbocycles. The summed E-state index contributed by atoms with van der Waals surface area (Å²) in [6, 6.07) is 0.447. The summed E-state index contributed by atoms with van der Waals surface area (Å²) < 4.78 is 23.2. The van der Waals surface area contributed by atoms with Crippen molar-refractivity contribution in [3.05, 3.63) is 23.3 Å². The van der Waals surface area contributed by atoms with E-state index in [1.807, 2.05) is 0 Å². The summed E-state index contributed by atoms with van der Waals surface area (Å²) in [5.74, 6) is 1.08. The van der Waals surface area contributed by atoms with Crippen LogP contribution < -0.4 is 5.32 Å². The Morgan fingerprint density at radius 2 is 2.33 bits per heavy atom. The Morgan fingerprint density at radius 3 is 3.11 bits per heavy atom. The second-order valence-electron chi connectivity index (χ2n) is 5.10. The molecular weight excluding hydrogens is 250 g/mol. The van der Waals surface area contributed by atoms with Crippen molar-refractivity contribution in [3.63, 3.8) is 0 Å². The van der Waals surface area contributed by atoms with Crippen LogP contribution in [0.15, 0.2) is 6.20 Å². The third-order valence-electron chi connectivity index (χ3n) is 3.63. The lowest BCUT2D eigenvalue weighted by Crippen LogP contribution is -2.26. The summed E-state index contributed by atoms with van der Waals surface area (Å²) in [5.41, 5.74) is 1.71. The molecule has 0 amide bonds. The van der Waals surface area contributed by atoms with Gasteiger partial charge in [0.1, 0.15) is 5.82 Å². The van der Waals surface area contributed by atoms with Crippen molar-refractivity contribution in [2.24, 2.45) is 0 Å². The minimum atomic E-state index is -2.95. The predicted octanol–water partition coefficient (Wildman–Crippen LogP) is 0.242. The number of rotatable bonds is 2. The molecule has 98 valence electrons. The molecule has 0 aliphatic carbocycles. The highest BCUT2D eigenvalue weighted by molar-refractivity contribution is 7.90. The molecule has 1 fully saturated rings. The highest BCUT2D eigenvalue weighted by atomic mass is 32.2. The number of fused-ring (bicyclic) bond motifs is 1. The molecule has 1 N–H and O–H groups in total. The van der Waals surface area contributed by atoms with Gasteiger partial charge in [-0.25, -0.2) is 18.4 Å². The summed E-state index contributed by atoms with van der Waals surface area (Å²) in [6.45, 7) is 1.06. The van der Waals surface area contributed by atoms with Crippen LogP contribution in [0.4, 0.5) is 0 Å². The van der Waals surface area contributed by atoms with Gasteiger partial charge in [-0.1, -0.05) is 0 Å². The van der Waals surface area contributed by atoms with Crippen LogP contribution in [-0.2, 0) is 28.4 Å². The van der Waals surface area contributed by atoms with Crippen LogP contribution in [0.1, 0.15) is 29.9 Å². The van der Waals surface area contributed by atoms with Crippen LogP contribution in [0, 0.1) is 0 Å². The van der Waals surface area contributed by atoms with E-state index in [0.29, 0.717) is 18.2 Å². The van der Waals surface area contributed by atoms with E-state index >= 15 is 0 Å². The van der Waals surface area contributed by atoms with E-state index in [0.717, 1.165) is 30.8 Å². The van der Waals surface area contributed by atoms with Gasteiger partial charge in [-0.05, 0) is 31.4 Å². The predicted molar refractivity (Wildman–Crippen MR) is 68.0 cm³/mol. The zero-order valence-corrected chi connectivity index (χ0v) is 11.0. The molecule has 1 aromatic rings. The first kappa shape index (κ1) is 12.0. The first-order chi connectivity index (χ1) is 8.62. The third kappa shape index (κ3) is 2.54. The van der Waals surface area contributed by atoms with E-state index < -0.39 is 9.84 Å². The molecule has 0 spiro atoms. The standard InChI is InChI=1S/C12H17N3O2S/c16-18(17)5-3-9-7-14-12(15-11(9)8-18)6-10-2-1-4-13-10/h7,10,13H,1-6,8H2. The van der Waals surface area contributed by atoms with Crippen LogP contribution in [0.2, 0.25) is 0 Å². The number of hydrogen-bond acceptors (Lipinski definition) is 5. The van der Waals surface area contributed by atoms with Gasteiger partial charge in [-0.2, -0.15) is 0 Å². The Hall–Kier alpha value is -1.01. The zero-order valence-electron chi connectivity index (χ0n) is 10.2. The van der Waals surface area contributed by atoms with E-state index in [1.165, 1.54) is 6.42 Å². The van der Waals surface area contributed by atoms with Crippen molar-refractivity contribution in [2.75, 3.05) is 12.3 Å². The zero-order chi connectivity index (χ0) is 12.6. The Morgan fingerprint density at radius 1 is 1.44 bits per heavy atom. The summed E-state index contributed by atoms with van der Waals surface area (Å²) in [7, 11) is -2.95. The van der Waals surface area contributed by atoms with Crippen molar-refractivity contribution in [1.29, 1.82) is 0 Å². The number of nitrogens with zero attached hydrogens (tertiary/aromatic N) is 2. The highest BCUT2D eigenvalue weighted by Gasteiger charge is 2.24. The second-order valence-corrected chi connectivity index (χ2v) is 7.28. The molecule has 5 nitrogen and oxygen atoms in total. The lowest BCUT2D eigenvalue weighted by atomic mass is 10.1. The van der Waals surface area contributed by atoms with E-state index in [9.17, 15) is 8.42 Å². The van der Waals surface area contributed by atoms with Gasteiger partial charge >= 0.3 is 0 Å². The monoisotopic (exact) mass is 267 g/mol. The fourth-order valence-electron chi connectivity index (χ4n) is 2.61. The molecule has 3 heterocycles. The molecule has 2 aliphatic rings. The molecule has 2 aliphatic heterocycles. The smallest absolute Gasteiger partial charge is 0.156 e. The molecule has 1 atom stereocenters. The Labute approximate surface area is 107 Å². The van der Waals surface area contributed by atoms with Gasteiger partial charge in [0.15, 0.2) is 9.84 Å². The van der Waals surface area contributed by atoms with Crippen LogP contribution in [0.5, 0.6) is 0 Å². The van der Waals surface area contributed by atoms with E-state index in [1.54, 1.807) is 6.20 Å². The molecule has 0 bridgehead atoms. The average Bonchev–Trinajstić information content (AvgIpc) is 2.80. The number of aromatic nitrogens is 2. The van der Waals surface area contributed by atoms with E-state index in [4.69, 9.17) is 0 Å². The molecule has 0 saturated carbocycles. The lowest BCUT2D eigenvalue weighted by molar-refractivity contribution is 0.578. The van der Waals surface area contributed by atoms with Crippen LogP contribution in [-0.4, -0.2) is 36.7 Å². The topological polar surface area (TPSA) is 72.0 Å². The summed E-state index contributed by atoms with van der Waals surface area (Å²) in [5, 5.41) is 3.40. The van der Waals surface area contributed by atoms with Crippen molar-refractivity contribution in [1.82, 2.24) is 15.3 Å². The number of aryl methyl sites for hydroxylation is 1. The first-order valence-electron chi connectivity index (χ1n) is 6.40. The maximum atomic E-state index is 11.6. The highest BCUT2D eigenvalue weighted by Crippen LogP contribution is 2.19. The van der Waals surface area contributed by atoms with Gasteiger partial charge in [0.25, 0.3) is 0 Å². The normalized spacial score (nSPS) is 25.9. The molecule has 18 heavy (non-hydrogen) atoms. The Balaban J connectivity index is 1.81.